The van der Waals surface area contributed by atoms with E-state index < -0.39 is 0 Å². The van der Waals surface area contributed by atoms with Crippen molar-refractivity contribution in [3.8, 4) is 0 Å². The van der Waals surface area contributed by atoms with Gasteiger partial charge in [-0.2, -0.15) is 0 Å². The van der Waals surface area contributed by atoms with Gasteiger partial charge < -0.3 is 4.57 Å². The summed E-state index contributed by atoms with van der Waals surface area (Å²) in [4.78, 5) is 7.86. The molecule has 0 bridgehead atoms. The van der Waals surface area contributed by atoms with E-state index in [1.54, 1.807) is 6.20 Å². The Morgan fingerprint density at radius 1 is 1.06 bits per heavy atom. The van der Waals surface area contributed by atoms with Crippen molar-refractivity contribution in [2.75, 3.05) is 0 Å². The number of rotatable bonds is 2. The molecule has 0 amide bonds. The van der Waals surface area contributed by atoms with Gasteiger partial charge in [0, 0.05) is 31.3 Å². The van der Waals surface area contributed by atoms with E-state index >= 15 is 0 Å². The molecule has 0 spiro atoms. The quantitative estimate of drug-likeness (QED) is 0.808. The Bertz CT molecular complexity index is 413. The molecule has 0 N–H and O–H groups in total. The number of hydrogen-bond acceptors (Lipinski definition) is 2. The molecule has 3 nitrogen and oxygen atoms in total. The molecule has 0 aliphatic rings. The zero-order valence-corrected chi connectivity index (χ0v) is 11.8. The van der Waals surface area contributed by atoms with E-state index in [2.05, 4.69) is 54.4 Å². The third-order valence-electron chi connectivity index (χ3n) is 2.59. The molecule has 2 aromatic rings. The number of nitrogens with zero attached hydrogens (tertiary/aromatic N) is 3. The number of pyridine rings is 1. The van der Waals surface area contributed by atoms with Gasteiger partial charge in [0.05, 0.1) is 6.33 Å². The summed E-state index contributed by atoms with van der Waals surface area (Å²) in [5, 5.41) is 0. The maximum absolute atomic E-state index is 3.96. The van der Waals surface area contributed by atoms with Gasteiger partial charge >= 0.3 is 0 Å². The first kappa shape index (κ1) is 14.4. The van der Waals surface area contributed by atoms with Crippen molar-refractivity contribution < 1.29 is 0 Å². The third kappa shape index (κ3) is 5.13. The van der Waals surface area contributed by atoms with Crippen LogP contribution in [0.4, 0.5) is 0 Å². The Morgan fingerprint density at radius 3 is 2.11 bits per heavy atom. The van der Waals surface area contributed by atoms with Gasteiger partial charge in [-0.05, 0) is 29.5 Å². The van der Waals surface area contributed by atoms with Crippen LogP contribution in [0.2, 0.25) is 0 Å². The molecule has 0 saturated heterocycles. The lowest BCUT2D eigenvalue weighted by Crippen LogP contribution is -2.10. The first-order valence-corrected chi connectivity index (χ1v) is 6.40. The highest BCUT2D eigenvalue weighted by Crippen LogP contribution is 2.20. The molecule has 3 heteroatoms. The molecule has 0 unspecified atom stereocenters. The largest absolute Gasteiger partial charge is 0.338 e. The molecule has 98 valence electrons. The summed E-state index contributed by atoms with van der Waals surface area (Å²) in [5.74, 6) is 0. The van der Waals surface area contributed by atoms with Crippen LogP contribution in [0.1, 0.15) is 39.7 Å². The second-order valence-corrected chi connectivity index (χ2v) is 5.29. The fourth-order valence-corrected chi connectivity index (χ4v) is 1.53. The maximum Gasteiger partial charge on any atom is 0.0945 e. The number of aryl methyl sites for hydroxylation is 1. The standard InChI is InChI=1S/C9H13N.C6H10N2/c1-9(2,3)8-4-6-10-7-5-8;1-2-4-8-5-3-7-6-8/h4-7H,1-3H3;3,5-6H,2,4H2,1H3. The number of imidazole rings is 1. The molecule has 0 atom stereocenters. The van der Waals surface area contributed by atoms with Crippen molar-refractivity contribution in [3.63, 3.8) is 0 Å². The molecule has 0 aliphatic carbocycles. The molecule has 0 radical (unpaired) electrons. The zero-order chi connectivity index (χ0) is 13.4. The average molecular weight is 245 g/mol. The summed E-state index contributed by atoms with van der Waals surface area (Å²) in [7, 11) is 0. The van der Waals surface area contributed by atoms with Crippen molar-refractivity contribution in [2.24, 2.45) is 0 Å². The highest BCUT2D eigenvalue weighted by atomic mass is 15.0. The summed E-state index contributed by atoms with van der Waals surface area (Å²) < 4.78 is 2.07. The van der Waals surface area contributed by atoms with Crippen molar-refractivity contribution in [3.05, 3.63) is 48.8 Å². The number of aromatic nitrogens is 3. The van der Waals surface area contributed by atoms with Crippen molar-refractivity contribution >= 4 is 0 Å². The minimum absolute atomic E-state index is 0.253. The molecule has 2 aromatic heterocycles. The first-order chi connectivity index (χ1) is 8.54. The predicted octanol–water partition coefficient (Wildman–Crippen LogP) is 3.67. The van der Waals surface area contributed by atoms with Gasteiger partial charge in [0.2, 0.25) is 0 Å². The van der Waals surface area contributed by atoms with Crippen LogP contribution in [0, 0.1) is 0 Å². The lowest BCUT2D eigenvalue weighted by Gasteiger charge is -2.17. The summed E-state index contributed by atoms with van der Waals surface area (Å²) in [6.07, 6.45) is 10.5. The van der Waals surface area contributed by atoms with E-state index in [1.807, 2.05) is 24.9 Å². The van der Waals surface area contributed by atoms with Crippen LogP contribution >= 0.6 is 0 Å². The molecule has 0 saturated carbocycles. The lowest BCUT2D eigenvalue weighted by molar-refractivity contribution is 0.589. The van der Waals surface area contributed by atoms with Gasteiger partial charge in [-0.1, -0.05) is 27.7 Å². The van der Waals surface area contributed by atoms with Gasteiger partial charge in [-0.25, -0.2) is 4.98 Å². The van der Waals surface area contributed by atoms with Gasteiger partial charge in [0.25, 0.3) is 0 Å². The monoisotopic (exact) mass is 245 g/mol. The van der Waals surface area contributed by atoms with Gasteiger partial charge in [-0.15, -0.1) is 0 Å². The molecular weight excluding hydrogens is 222 g/mol. The lowest BCUT2D eigenvalue weighted by atomic mass is 9.88. The van der Waals surface area contributed by atoms with Crippen molar-refractivity contribution in [1.29, 1.82) is 0 Å². The van der Waals surface area contributed by atoms with E-state index in [0.717, 1.165) is 6.54 Å². The Balaban J connectivity index is 0.000000184. The Kier molecular flexibility index (Phi) is 5.56. The minimum atomic E-state index is 0.253. The van der Waals surface area contributed by atoms with E-state index in [0.29, 0.717) is 0 Å². The van der Waals surface area contributed by atoms with E-state index in [9.17, 15) is 0 Å². The zero-order valence-electron chi connectivity index (χ0n) is 11.8. The summed E-state index contributed by atoms with van der Waals surface area (Å²) in [5.41, 5.74) is 1.59. The number of hydrogen-bond donors (Lipinski definition) is 0. The fraction of sp³-hybridized carbons (Fsp3) is 0.467. The molecule has 0 fully saturated rings. The fourth-order valence-electron chi connectivity index (χ4n) is 1.53. The van der Waals surface area contributed by atoms with Crippen LogP contribution in [0.25, 0.3) is 0 Å². The summed E-state index contributed by atoms with van der Waals surface area (Å²) >= 11 is 0. The molecule has 18 heavy (non-hydrogen) atoms. The van der Waals surface area contributed by atoms with Crippen LogP contribution in [0.5, 0.6) is 0 Å². The molecule has 2 heterocycles. The normalized spacial score (nSPS) is 10.7. The van der Waals surface area contributed by atoms with Crippen LogP contribution in [-0.4, -0.2) is 14.5 Å². The predicted molar refractivity (Wildman–Crippen MR) is 75.5 cm³/mol. The topological polar surface area (TPSA) is 30.7 Å². The Morgan fingerprint density at radius 2 is 1.72 bits per heavy atom. The van der Waals surface area contributed by atoms with Crippen molar-refractivity contribution in [2.45, 2.75) is 46.1 Å². The van der Waals surface area contributed by atoms with Gasteiger partial charge in [0.1, 0.15) is 0 Å². The van der Waals surface area contributed by atoms with Gasteiger partial charge in [-0.3, -0.25) is 4.98 Å². The van der Waals surface area contributed by atoms with Crippen LogP contribution in [0.3, 0.4) is 0 Å². The third-order valence-corrected chi connectivity index (χ3v) is 2.59. The van der Waals surface area contributed by atoms with Crippen LogP contribution < -0.4 is 0 Å². The molecule has 0 aromatic carbocycles. The van der Waals surface area contributed by atoms with E-state index in [4.69, 9.17) is 0 Å². The average Bonchev–Trinajstić information content (AvgIpc) is 2.83. The molecular formula is C15H23N3. The van der Waals surface area contributed by atoms with E-state index in [-0.39, 0.29) is 5.41 Å². The summed E-state index contributed by atoms with van der Waals surface area (Å²) in [6, 6.07) is 4.11. The van der Waals surface area contributed by atoms with Crippen LogP contribution in [-0.2, 0) is 12.0 Å². The smallest absolute Gasteiger partial charge is 0.0945 e. The molecule has 0 aliphatic heterocycles. The van der Waals surface area contributed by atoms with Gasteiger partial charge in [0.15, 0.2) is 0 Å². The first-order valence-electron chi connectivity index (χ1n) is 6.40. The second-order valence-electron chi connectivity index (χ2n) is 5.29. The van der Waals surface area contributed by atoms with Crippen molar-refractivity contribution in [1.82, 2.24) is 14.5 Å². The molecule has 2 rings (SSSR count). The maximum atomic E-state index is 3.96. The highest BCUT2D eigenvalue weighted by Gasteiger charge is 2.11. The minimum Gasteiger partial charge on any atom is -0.338 e. The Labute approximate surface area is 110 Å². The SMILES string of the molecule is CC(C)(C)c1ccncc1.CCCn1ccnc1. The van der Waals surface area contributed by atoms with Crippen LogP contribution in [0.15, 0.2) is 43.2 Å². The van der Waals surface area contributed by atoms with E-state index in [1.165, 1.54) is 12.0 Å². The summed E-state index contributed by atoms with van der Waals surface area (Å²) in [6.45, 7) is 9.83. The Hall–Kier alpha value is -1.64. The highest BCUT2D eigenvalue weighted by molar-refractivity contribution is 5.18. The second kappa shape index (κ2) is 6.94.